The Morgan fingerprint density at radius 2 is 2.00 bits per heavy atom. The Morgan fingerprint density at radius 1 is 1.30 bits per heavy atom. The summed E-state index contributed by atoms with van der Waals surface area (Å²) >= 11 is 0. The van der Waals surface area contributed by atoms with Gasteiger partial charge in [-0.1, -0.05) is 24.3 Å². The Kier molecular flexibility index (Phi) is 4.74. The van der Waals surface area contributed by atoms with Gasteiger partial charge in [0.2, 0.25) is 11.8 Å². The molecular weight excluding hydrogens is 254 g/mol. The molecule has 0 fully saturated rings. The maximum atomic E-state index is 12.0. The maximum absolute atomic E-state index is 12.0. The van der Waals surface area contributed by atoms with Crippen molar-refractivity contribution < 1.29 is 9.59 Å². The number of fused-ring (bicyclic) bond motifs is 1. The summed E-state index contributed by atoms with van der Waals surface area (Å²) in [4.78, 5) is 23.5. The smallest absolute Gasteiger partial charge is 0.239 e. The summed E-state index contributed by atoms with van der Waals surface area (Å²) in [6.07, 6.45) is 0.661. The summed E-state index contributed by atoms with van der Waals surface area (Å²) in [5.41, 5.74) is 2.42. The lowest BCUT2D eigenvalue weighted by Gasteiger charge is -2.25. The van der Waals surface area contributed by atoms with E-state index in [2.05, 4.69) is 22.0 Å². The number of rotatable bonds is 4. The van der Waals surface area contributed by atoms with E-state index in [0.717, 1.165) is 0 Å². The van der Waals surface area contributed by atoms with Crippen LogP contribution in [0.3, 0.4) is 0 Å². The Labute approximate surface area is 119 Å². The fourth-order valence-corrected chi connectivity index (χ4v) is 2.30. The lowest BCUT2D eigenvalue weighted by atomic mass is 9.95. The van der Waals surface area contributed by atoms with Gasteiger partial charge in [0.25, 0.3) is 0 Å². The third kappa shape index (κ3) is 3.81. The zero-order valence-corrected chi connectivity index (χ0v) is 11.9. The molecule has 5 heteroatoms. The second-order valence-corrected chi connectivity index (χ2v) is 5.35. The molecule has 2 rings (SSSR count). The predicted octanol–water partition coefficient (Wildman–Crippen LogP) is 0.342. The van der Waals surface area contributed by atoms with Crippen LogP contribution in [0.25, 0.3) is 0 Å². The highest BCUT2D eigenvalue weighted by molar-refractivity contribution is 5.87. The average Bonchev–Trinajstić information content (AvgIpc) is 2.43. The van der Waals surface area contributed by atoms with Gasteiger partial charge in [0, 0.05) is 12.6 Å². The SMILES string of the molecule is CC(C)NC(=O)CNC(=O)C1Cc2ccccc2CN1. The van der Waals surface area contributed by atoms with Crippen molar-refractivity contribution in [2.45, 2.75) is 38.9 Å². The lowest BCUT2D eigenvalue weighted by Crippen LogP contribution is -2.50. The first-order valence-corrected chi connectivity index (χ1v) is 6.93. The average molecular weight is 275 g/mol. The minimum Gasteiger partial charge on any atom is -0.352 e. The van der Waals surface area contributed by atoms with Gasteiger partial charge in [-0.3, -0.25) is 9.59 Å². The molecule has 3 N–H and O–H groups in total. The van der Waals surface area contributed by atoms with Gasteiger partial charge >= 0.3 is 0 Å². The second-order valence-electron chi connectivity index (χ2n) is 5.35. The van der Waals surface area contributed by atoms with E-state index in [1.165, 1.54) is 11.1 Å². The van der Waals surface area contributed by atoms with Crippen molar-refractivity contribution in [1.29, 1.82) is 0 Å². The Bertz CT molecular complexity index is 500. The zero-order chi connectivity index (χ0) is 14.5. The van der Waals surface area contributed by atoms with Crippen LogP contribution in [-0.4, -0.2) is 30.4 Å². The van der Waals surface area contributed by atoms with Gasteiger partial charge in [0.15, 0.2) is 0 Å². The van der Waals surface area contributed by atoms with Gasteiger partial charge in [-0.25, -0.2) is 0 Å². The monoisotopic (exact) mass is 275 g/mol. The Balaban J connectivity index is 1.84. The first kappa shape index (κ1) is 14.5. The largest absolute Gasteiger partial charge is 0.352 e. The summed E-state index contributed by atoms with van der Waals surface area (Å²) in [7, 11) is 0. The highest BCUT2D eigenvalue weighted by atomic mass is 16.2. The first-order valence-electron chi connectivity index (χ1n) is 6.93. The maximum Gasteiger partial charge on any atom is 0.239 e. The second kappa shape index (κ2) is 6.52. The van der Waals surface area contributed by atoms with E-state index in [1.54, 1.807) is 0 Å². The predicted molar refractivity (Wildman–Crippen MR) is 77.1 cm³/mol. The number of amides is 2. The van der Waals surface area contributed by atoms with E-state index in [-0.39, 0.29) is 30.4 Å². The van der Waals surface area contributed by atoms with Gasteiger partial charge < -0.3 is 16.0 Å². The standard InChI is InChI=1S/C15H21N3O2/c1-10(2)18-14(19)9-17-15(20)13-7-11-5-3-4-6-12(11)8-16-13/h3-6,10,13,16H,7-9H2,1-2H3,(H,17,20)(H,18,19). The van der Waals surface area contributed by atoms with E-state index in [1.807, 2.05) is 32.0 Å². The summed E-state index contributed by atoms with van der Waals surface area (Å²) in [6.45, 7) is 4.49. The van der Waals surface area contributed by atoms with Crippen LogP contribution >= 0.6 is 0 Å². The normalized spacial score (nSPS) is 17.4. The van der Waals surface area contributed by atoms with Crippen molar-refractivity contribution in [2.24, 2.45) is 0 Å². The van der Waals surface area contributed by atoms with Crippen LogP contribution in [0, 0.1) is 0 Å². The van der Waals surface area contributed by atoms with Crippen LogP contribution < -0.4 is 16.0 Å². The highest BCUT2D eigenvalue weighted by Gasteiger charge is 2.23. The van der Waals surface area contributed by atoms with Crippen LogP contribution in [0.2, 0.25) is 0 Å². The Hall–Kier alpha value is -1.88. The van der Waals surface area contributed by atoms with Crippen molar-refractivity contribution in [3.63, 3.8) is 0 Å². The van der Waals surface area contributed by atoms with Crippen LogP contribution in [0.1, 0.15) is 25.0 Å². The van der Waals surface area contributed by atoms with Crippen molar-refractivity contribution in [3.8, 4) is 0 Å². The highest BCUT2D eigenvalue weighted by Crippen LogP contribution is 2.16. The molecule has 0 aromatic heterocycles. The number of nitrogens with one attached hydrogen (secondary N) is 3. The van der Waals surface area contributed by atoms with Crippen LogP contribution in [0.15, 0.2) is 24.3 Å². The van der Waals surface area contributed by atoms with Gasteiger partial charge in [-0.05, 0) is 31.4 Å². The molecule has 1 atom stereocenters. The van der Waals surface area contributed by atoms with Gasteiger partial charge in [-0.15, -0.1) is 0 Å². The third-order valence-electron chi connectivity index (χ3n) is 3.27. The molecule has 0 aliphatic carbocycles. The molecule has 1 aliphatic rings. The summed E-state index contributed by atoms with van der Waals surface area (Å²) in [5, 5.41) is 8.61. The van der Waals surface area contributed by atoms with Crippen molar-refractivity contribution in [1.82, 2.24) is 16.0 Å². The Morgan fingerprint density at radius 3 is 2.70 bits per heavy atom. The minimum absolute atomic E-state index is 0.0246. The summed E-state index contributed by atoms with van der Waals surface area (Å²) in [5.74, 6) is -0.289. The van der Waals surface area contributed by atoms with Crippen LogP contribution in [0.4, 0.5) is 0 Å². The summed E-state index contributed by atoms with van der Waals surface area (Å²) in [6, 6.07) is 7.90. The van der Waals surface area contributed by atoms with Crippen molar-refractivity contribution in [3.05, 3.63) is 35.4 Å². The third-order valence-corrected chi connectivity index (χ3v) is 3.27. The molecular formula is C15H21N3O2. The zero-order valence-electron chi connectivity index (χ0n) is 11.9. The number of hydrogen-bond donors (Lipinski definition) is 3. The van der Waals surface area contributed by atoms with E-state index in [0.29, 0.717) is 13.0 Å². The molecule has 5 nitrogen and oxygen atoms in total. The van der Waals surface area contributed by atoms with E-state index < -0.39 is 0 Å². The van der Waals surface area contributed by atoms with Gasteiger partial charge in [0.05, 0.1) is 12.6 Å². The van der Waals surface area contributed by atoms with Crippen molar-refractivity contribution >= 4 is 11.8 Å². The minimum atomic E-state index is -0.267. The molecule has 1 aromatic carbocycles. The van der Waals surface area contributed by atoms with Crippen LogP contribution in [-0.2, 0) is 22.6 Å². The fraction of sp³-hybridized carbons (Fsp3) is 0.467. The molecule has 0 saturated carbocycles. The number of hydrogen-bond acceptors (Lipinski definition) is 3. The molecule has 2 amide bonds. The molecule has 0 saturated heterocycles. The number of carbonyl (C=O) groups excluding carboxylic acids is 2. The van der Waals surface area contributed by atoms with E-state index in [4.69, 9.17) is 0 Å². The molecule has 20 heavy (non-hydrogen) atoms. The molecule has 1 aromatic rings. The molecule has 108 valence electrons. The molecule has 0 bridgehead atoms. The summed E-state index contributed by atoms with van der Waals surface area (Å²) < 4.78 is 0. The fourth-order valence-electron chi connectivity index (χ4n) is 2.30. The van der Waals surface area contributed by atoms with E-state index in [9.17, 15) is 9.59 Å². The quantitative estimate of drug-likeness (QED) is 0.742. The topological polar surface area (TPSA) is 70.2 Å². The van der Waals surface area contributed by atoms with Gasteiger partial charge in [-0.2, -0.15) is 0 Å². The first-order chi connectivity index (χ1) is 9.56. The number of benzene rings is 1. The molecule has 1 heterocycles. The molecule has 1 aliphatic heterocycles. The van der Waals surface area contributed by atoms with Crippen LogP contribution in [0.5, 0.6) is 0 Å². The molecule has 0 radical (unpaired) electrons. The molecule has 0 spiro atoms. The van der Waals surface area contributed by atoms with Gasteiger partial charge in [0.1, 0.15) is 0 Å². The lowest BCUT2D eigenvalue weighted by molar-refractivity contribution is -0.127. The molecule has 1 unspecified atom stereocenters. The van der Waals surface area contributed by atoms with E-state index >= 15 is 0 Å². The van der Waals surface area contributed by atoms with Crippen molar-refractivity contribution in [2.75, 3.05) is 6.54 Å². The number of carbonyl (C=O) groups is 2.